The van der Waals surface area contributed by atoms with Gasteiger partial charge in [-0.05, 0) is 0 Å². The zero-order valence-electron chi connectivity index (χ0n) is 15.1. The molecule has 0 fully saturated rings. The molecular weight excluding hydrogens is 348 g/mol. The summed E-state index contributed by atoms with van der Waals surface area (Å²) in [5, 5.41) is 26.4. The second kappa shape index (κ2) is 14.0. The third-order valence-electron chi connectivity index (χ3n) is 3.62. The van der Waals surface area contributed by atoms with Gasteiger partial charge in [0.1, 0.15) is 6.61 Å². The van der Waals surface area contributed by atoms with E-state index in [1.54, 1.807) is 16.7 Å². The van der Waals surface area contributed by atoms with Gasteiger partial charge in [0.25, 0.3) is 0 Å². The fourth-order valence-electron chi connectivity index (χ4n) is 2.11. The molecule has 0 aliphatic carbocycles. The Labute approximate surface area is 152 Å². The van der Waals surface area contributed by atoms with Gasteiger partial charge in [0.2, 0.25) is 0 Å². The number of esters is 1. The van der Waals surface area contributed by atoms with Crippen LogP contribution in [0.4, 0.5) is 0 Å². The molecule has 0 aliphatic rings. The van der Waals surface area contributed by atoms with Gasteiger partial charge in [-0.25, -0.2) is 0 Å². The van der Waals surface area contributed by atoms with Gasteiger partial charge in [0, 0.05) is 45.7 Å². The van der Waals surface area contributed by atoms with E-state index in [2.05, 4.69) is 0 Å². The first-order valence-electron chi connectivity index (χ1n) is 8.50. The number of aliphatic carboxylic acids is 3. The second-order valence-electron chi connectivity index (χ2n) is 5.69. The van der Waals surface area contributed by atoms with E-state index < -0.39 is 17.9 Å². The van der Waals surface area contributed by atoms with Crippen LogP contribution in [0, 0.1) is 0 Å². The molecule has 0 bridgehead atoms. The molecule has 0 saturated carbocycles. The third kappa shape index (κ3) is 14.2. The van der Waals surface area contributed by atoms with Crippen molar-refractivity contribution < 1.29 is 39.2 Å². The lowest BCUT2D eigenvalue weighted by atomic mass is 10.3. The molecule has 10 heteroatoms. The second-order valence-corrected chi connectivity index (χ2v) is 5.69. The molecule has 0 unspecified atom stereocenters. The number of carbonyl (C=O) groups is 4. The van der Waals surface area contributed by atoms with Crippen molar-refractivity contribution >= 4 is 23.9 Å². The molecule has 10 nitrogen and oxygen atoms in total. The zero-order valence-corrected chi connectivity index (χ0v) is 15.1. The summed E-state index contributed by atoms with van der Waals surface area (Å²) in [6, 6.07) is 0. The predicted molar refractivity (Wildman–Crippen MR) is 90.9 cm³/mol. The van der Waals surface area contributed by atoms with Gasteiger partial charge in [0.05, 0.1) is 19.3 Å². The maximum Gasteiger partial charge on any atom is 0.305 e. The number of nitrogens with zero attached hydrogens (tertiary/aromatic N) is 2. The molecule has 0 amide bonds. The van der Waals surface area contributed by atoms with Crippen LogP contribution in [0.15, 0.2) is 0 Å². The van der Waals surface area contributed by atoms with Crippen LogP contribution in [-0.4, -0.2) is 94.9 Å². The van der Waals surface area contributed by atoms with E-state index in [0.717, 1.165) is 0 Å². The van der Waals surface area contributed by atoms with Crippen LogP contribution < -0.4 is 0 Å². The smallest absolute Gasteiger partial charge is 0.305 e. The molecule has 0 saturated heterocycles. The normalized spacial score (nSPS) is 10.9. The van der Waals surface area contributed by atoms with E-state index in [-0.39, 0.29) is 57.9 Å². The van der Waals surface area contributed by atoms with Crippen molar-refractivity contribution in [2.24, 2.45) is 0 Å². The molecule has 0 rings (SSSR count). The topological polar surface area (TPSA) is 145 Å². The van der Waals surface area contributed by atoms with Crippen LogP contribution in [0.3, 0.4) is 0 Å². The van der Waals surface area contributed by atoms with E-state index >= 15 is 0 Å². The lowest BCUT2D eigenvalue weighted by molar-refractivity contribution is -0.144. The molecule has 0 atom stereocenters. The summed E-state index contributed by atoms with van der Waals surface area (Å²) in [5.41, 5.74) is 0. The van der Waals surface area contributed by atoms with Crippen LogP contribution in [0.1, 0.15) is 32.6 Å². The largest absolute Gasteiger partial charge is 0.481 e. The lowest BCUT2D eigenvalue weighted by Crippen LogP contribution is -2.39. The minimum atomic E-state index is -0.973. The summed E-state index contributed by atoms with van der Waals surface area (Å²) in [6.45, 7) is 3.64. The average Bonchev–Trinajstić information content (AvgIpc) is 2.57. The lowest BCUT2D eigenvalue weighted by Gasteiger charge is -2.26. The molecule has 0 spiro atoms. The minimum Gasteiger partial charge on any atom is -0.481 e. The molecule has 150 valence electrons. The number of hydrogen-bond acceptors (Lipinski definition) is 7. The maximum absolute atomic E-state index is 11.2. The summed E-state index contributed by atoms with van der Waals surface area (Å²) < 4.78 is 5.00. The van der Waals surface area contributed by atoms with Crippen molar-refractivity contribution in [3.8, 4) is 0 Å². The van der Waals surface area contributed by atoms with Crippen molar-refractivity contribution in [3.05, 3.63) is 0 Å². The van der Waals surface area contributed by atoms with Crippen LogP contribution >= 0.6 is 0 Å². The Balaban J connectivity index is 4.56. The summed E-state index contributed by atoms with van der Waals surface area (Å²) in [6.07, 6.45) is -0.0367. The van der Waals surface area contributed by atoms with Crippen molar-refractivity contribution in [1.29, 1.82) is 0 Å². The van der Waals surface area contributed by atoms with Crippen LogP contribution in [0.2, 0.25) is 0 Å². The van der Waals surface area contributed by atoms with Crippen molar-refractivity contribution in [1.82, 2.24) is 9.80 Å². The monoisotopic (exact) mass is 376 g/mol. The van der Waals surface area contributed by atoms with E-state index in [0.29, 0.717) is 19.6 Å². The Bertz CT molecular complexity index is 451. The Hall–Kier alpha value is -2.20. The van der Waals surface area contributed by atoms with Gasteiger partial charge in [0.15, 0.2) is 0 Å². The fraction of sp³-hybridized carbons (Fsp3) is 0.750. The zero-order chi connectivity index (χ0) is 19.9. The highest BCUT2D eigenvalue weighted by Gasteiger charge is 2.14. The van der Waals surface area contributed by atoms with Crippen LogP contribution in [0.25, 0.3) is 0 Å². The molecule has 0 aromatic carbocycles. The average molecular weight is 376 g/mol. The SMILES string of the molecule is CCC(=O)OCCN(CCC(=O)O)CCN(CCC(=O)O)CCC(=O)O. The molecule has 0 aromatic heterocycles. The predicted octanol–water partition coefficient (Wildman–Crippen LogP) is -0.0323. The summed E-state index contributed by atoms with van der Waals surface area (Å²) >= 11 is 0. The highest BCUT2D eigenvalue weighted by atomic mass is 16.5. The summed E-state index contributed by atoms with van der Waals surface area (Å²) in [4.78, 5) is 46.9. The first-order chi connectivity index (χ1) is 12.2. The van der Waals surface area contributed by atoms with E-state index in [4.69, 9.17) is 20.1 Å². The number of hydrogen-bond donors (Lipinski definition) is 3. The maximum atomic E-state index is 11.2. The molecule has 0 aliphatic heterocycles. The van der Waals surface area contributed by atoms with Gasteiger partial charge in [-0.15, -0.1) is 0 Å². The quantitative estimate of drug-likeness (QED) is 0.314. The standard InChI is InChI=1S/C16H28N2O8/c1-2-16(25)26-12-11-18(8-5-15(23)24)10-9-17(6-3-13(19)20)7-4-14(21)22/h2-12H2,1H3,(H,19,20)(H,21,22)(H,23,24). The van der Waals surface area contributed by atoms with E-state index in [1.807, 2.05) is 0 Å². The van der Waals surface area contributed by atoms with E-state index in [1.165, 1.54) is 0 Å². The molecule has 0 heterocycles. The molecule has 3 N–H and O–H groups in total. The highest BCUT2D eigenvalue weighted by molar-refractivity contribution is 5.69. The number of carbonyl (C=O) groups excluding carboxylic acids is 1. The Kier molecular flexibility index (Phi) is 12.8. The fourth-order valence-corrected chi connectivity index (χ4v) is 2.11. The number of ether oxygens (including phenoxy) is 1. The molecule has 26 heavy (non-hydrogen) atoms. The van der Waals surface area contributed by atoms with Crippen molar-refractivity contribution in [2.45, 2.75) is 32.6 Å². The summed E-state index contributed by atoms with van der Waals surface area (Å²) in [5.74, 6) is -3.24. The Morgan fingerprint density at radius 3 is 1.42 bits per heavy atom. The van der Waals surface area contributed by atoms with E-state index in [9.17, 15) is 19.2 Å². The highest BCUT2D eigenvalue weighted by Crippen LogP contribution is 2.00. The first-order valence-corrected chi connectivity index (χ1v) is 8.50. The van der Waals surface area contributed by atoms with Gasteiger partial charge in [-0.3, -0.25) is 24.1 Å². The van der Waals surface area contributed by atoms with Crippen LogP contribution in [0.5, 0.6) is 0 Å². The molecule has 0 radical (unpaired) electrons. The van der Waals surface area contributed by atoms with Gasteiger partial charge in [-0.2, -0.15) is 0 Å². The minimum absolute atomic E-state index is 0.0774. The molecular formula is C16H28N2O8. The first kappa shape index (κ1) is 23.8. The Morgan fingerprint density at radius 1 is 0.692 bits per heavy atom. The van der Waals surface area contributed by atoms with Crippen molar-refractivity contribution in [3.63, 3.8) is 0 Å². The van der Waals surface area contributed by atoms with Gasteiger partial charge >= 0.3 is 23.9 Å². The summed E-state index contributed by atoms with van der Waals surface area (Å²) in [7, 11) is 0. The van der Waals surface area contributed by atoms with Gasteiger partial charge in [-0.1, -0.05) is 6.92 Å². The van der Waals surface area contributed by atoms with Gasteiger partial charge < -0.3 is 25.0 Å². The van der Waals surface area contributed by atoms with Crippen LogP contribution in [-0.2, 0) is 23.9 Å². The third-order valence-corrected chi connectivity index (χ3v) is 3.62. The molecule has 0 aromatic rings. The number of carboxylic acid groups (broad SMARTS) is 3. The number of rotatable bonds is 16. The Morgan fingerprint density at radius 2 is 1.08 bits per heavy atom. The van der Waals surface area contributed by atoms with Crippen molar-refractivity contribution in [2.75, 3.05) is 45.9 Å². The number of carboxylic acids is 3.